The molecular weight excluding hydrogens is 601 g/mol. The van der Waals surface area contributed by atoms with Gasteiger partial charge in [0.05, 0.1) is 34.4 Å². The van der Waals surface area contributed by atoms with Crippen molar-refractivity contribution in [1.29, 1.82) is 0 Å². The number of hydrogen-bond donors (Lipinski definition) is 1. The zero-order chi connectivity index (χ0) is 34.2. The molecule has 0 aromatic carbocycles. The second-order valence-electron chi connectivity index (χ2n) is 13.2. The Hall–Kier alpha value is -1.28. The van der Waals surface area contributed by atoms with Gasteiger partial charge in [0.1, 0.15) is 19.3 Å². The van der Waals surface area contributed by atoms with E-state index in [0.29, 0.717) is 24.1 Å². The molecule has 2 unspecified atom stereocenters. The van der Waals surface area contributed by atoms with Crippen LogP contribution in [0, 0.1) is 0 Å². The van der Waals surface area contributed by atoms with Crippen LogP contribution < -0.4 is 0 Å². The lowest BCUT2D eigenvalue weighted by molar-refractivity contribution is -0.870. The molecule has 9 heteroatoms. The van der Waals surface area contributed by atoms with Crippen LogP contribution in [0.15, 0.2) is 36.5 Å². The summed E-state index contributed by atoms with van der Waals surface area (Å²) >= 11 is 0. The molecule has 0 amide bonds. The van der Waals surface area contributed by atoms with Crippen molar-refractivity contribution in [2.45, 2.75) is 142 Å². The number of quaternary nitrogens is 1. The highest BCUT2D eigenvalue weighted by Crippen LogP contribution is 2.43. The zero-order valence-corrected chi connectivity index (χ0v) is 31.2. The van der Waals surface area contributed by atoms with Crippen molar-refractivity contribution >= 4 is 13.8 Å². The second-order valence-corrected chi connectivity index (χ2v) is 14.7. The van der Waals surface area contributed by atoms with Crippen LogP contribution in [0.3, 0.4) is 0 Å². The Bertz CT molecular complexity index is 838. The van der Waals surface area contributed by atoms with Crippen molar-refractivity contribution in [2.24, 2.45) is 0 Å². The van der Waals surface area contributed by atoms with Crippen LogP contribution in [0.4, 0.5) is 0 Å². The summed E-state index contributed by atoms with van der Waals surface area (Å²) in [6, 6.07) is 0. The fourth-order valence-electron chi connectivity index (χ4n) is 4.62. The summed E-state index contributed by atoms with van der Waals surface area (Å²) in [6.07, 6.45) is 33.2. The lowest BCUT2D eigenvalue weighted by Gasteiger charge is -2.24. The average Bonchev–Trinajstić information content (AvgIpc) is 2.99. The largest absolute Gasteiger partial charge is 0.472 e. The Kier molecular flexibility index (Phi) is 30.2. The van der Waals surface area contributed by atoms with E-state index < -0.39 is 13.9 Å². The Morgan fingerprint density at radius 1 is 0.696 bits per heavy atom. The first kappa shape index (κ1) is 44.7. The number of rotatable bonds is 33. The van der Waals surface area contributed by atoms with Gasteiger partial charge in [0.15, 0.2) is 0 Å². The summed E-state index contributed by atoms with van der Waals surface area (Å²) in [4.78, 5) is 22.6. The number of allylic oxidation sites excluding steroid dienone is 6. The van der Waals surface area contributed by atoms with E-state index in [9.17, 15) is 14.3 Å². The Morgan fingerprint density at radius 3 is 1.89 bits per heavy atom. The highest BCUT2D eigenvalue weighted by Gasteiger charge is 2.26. The van der Waals surface area contributed by atoms with Crippen LogP contribution in [0.25, 0.3) is 0 Å². The summed E-state index contributed by atoms with van der Waals surface area (Å²) in [6.45, 7) is 5.43. The number of carbonyl (C=O) groups excluding carboxylic acids is 1. The zero-order valence-electron chi connectivity index (χ0n) is 30.3. The van der Waals surface area contributed by atoms with Gasteiger partial charge in [-0.25, -0.2) is 4.57 Å². The van der Waals surface area contributed by atoms with Crippen LogP contribution in [-0.2, 0) is 27.9 Å². The van der Waals surface area contributed by atoms with E-state index in [4.69, 9.17) is 18.5 Å². The third-order valence-electron chi connectivity index (χ3n) is 7.47. The standard InChI is InChI=1S/C37H70NO7P/c1-6-8-10-12-14-16-17-18-19-20-21-22-23-25-27-29-32-42-34-36(35-44-46(40,41)43-33-31-38(3,4)5)45-37(39)30-28-26-24-15-13-11-9-7-2/h8,10,14,16,18-19,36H,6-7,9,11-13,15,17,20-35H2,1-5H3/p+1/b10-8-,16-14-,19-18-. The molecule has 0 heterocycles. The number of esters is 1. The topological polar surface area (TPSA) is 91.3 Å². The molecule has 2 atom stereocenters. The molecule has 0 bridgehead atoms. The summed E-state index contributed by atoms with van der Waals surface area (Å²) in [5.74, 6) is -0.326. The monoisotopic (exact) mass is 672 g/mol. The molecule has 46 heavy (non-hydrogen) atoms. The highest BCUT2D eigenvalue weighted by molar-refractivity contribution is 7.47. The van der Waals surface area contributed by atoms with Gasteiger partial charge in [-0.3, -0.25) is 13.8 Å². The van der Waals surface area contributed by atoms with Crippen molar-refractivity contribution in [3.8, 4) is 0 Å². The first-order chi connectivity index (χ1) is 22.1. The Morgan fingerprint density at radius 2 is 1.26 bits per heavy atom. The number of likely N-dealkylation sites (N-methyl/N-ethyl adjacent to an activating group) is 1. The van der Waals surface area contributed by atoms with E-state index in [1.165, 1.54) is 57.8 Å². The van der Waals surface area contributed by atoms with Gasteiger partial charge < -0.3 is 18.9 Å². The molecule has 1 N–H and O–H groups in total. The summed E-state index contributed by atoms with van der Waals surface area (Å²) in [5.41, 5.74) is 0. The lowest BCUT2D eigenvalue weighted by atomic mass is 10.1. The minimum absolute atomic E-state index is 0.0857. The predicted octanol–water partition coefficient (Wildman–Crippen LogP) is 9.87. The van der Waals surface area contributed by atoms with Gasteiger partial charge in [0.25, 0.3) is 0 Å². The van der Waals surface area contributed by atoms with Crippen molar-refractivity contribution in [3.63, 3.8) is 0 Å². The quantitative estimate of drug-likeness (QED) is 0.0244. The minimum Gasteiger partial charge on any atom is -0.457 e. The summed E-state index contributed by atoms with van der Waals surface area (Å²) < 4.78 is 34.7. The Balaban J connectivity index is 4.28. The van der Waals surface area contributed by atoms with Crippen LogP contribution >= 0.6 is 7.82 Å². The number of carbonyl (C=O) groups is 1. The second kappa shape index (κ2) is 31.0. The average molecular weight is 673 g/mol. The van der Waals surface area contributed by atoms with Crippen molar-refractivity contribution < 1.29 is 37.3 Å². The molecule has 0 aliphatic rings. The number of nitrogens with zero attached hydrogens (tertiary/aromatic N) is 1. The third-order valence-corrected chi connectivity index (χ3v) is 8.45. The first-order valence-electron chi connectivity index (χ1n) is 18.2. The molecule has 0 spiro atoms. The van der Waals surface area contributed by atoms with Gasteiger partial charge in [0.2, 0.25) is 0 Å². The Labute approximate surface area is 283 Å². The fourth-order valence-corrected chi connectivity index (χ4v) is 5.37. The lowest BCUT2D eigenvalue weighted by Crippen LogP contribution is -2.37. The maximum atomic E-state index is 12.5. The number of ether oxygens (including phenoxy) is 2. The summed E-state index contributed by atoms with van der Waals surface area (Å²) in [7, 11) is 1.65. The highest BCUT2D eigenvalue weighted by atomic mass is 31.2. The van der Waals surface area contributed by atoms with Gasteiger partial charge >= 0.3 is 13.8 Å². The minimum atomic E-state index is -4.26. The number of unbranched alkanes of at least 4 members (excludes halogenated alkanes) is 13. The van der Waals surface area contributed by atoms with Crippen molar-refractivity contribution in [1.82, 2.24) is 0 Å². The van der Waals surface area contributed by atoms with Crippen LogP contribution in [-0.4, -0.2) is 75.6 Å². The molecule has 0 rings (SSSR count). The van der Waals surface area contributed by atoms with Gasteiger partial charge in [0, 0.05) is 13.0 Å². The molecule has 0 aliphatic heterocycles. The van der Waals surface area contributed by atoms with E-state index in [1.807, 2.05) is 21.1 Å². The molecule has 0 saturated heterocycles. The molecule has 0 radical (unpaired) electrons. The maximum absolute atomic E-state index is 12.5. The molecule has 0 aromatic rings. The van der Waals surface area contributed by atoms with Crippen molar-refractivity contribution in [3.05, 3.63) is 36.5 Å². The normalized spacial score (nSPS) is 14.5. The first-order valence-corrected chi connectivity index (χ1v) is 19.7. The molecular formula is C37H71NO7P+. The van der Waals surface area contributed by atoms with Gasteiger partial charge in [-0.05, 0) is 44.9 Å². The fraction of sp³-hybridized carbons (Fsp3) is 0.811. The number of hydrogen-bond acceptors (Lipinski definition) is 6. The van der Waals surface area contributed by atoms with Gasteiger partial charge in [-0.15, -0.1) is 0 Å². The SMILES string of the molecule is CC/C=C\C/C=C\C/C=C\CCCCCCCCOCC(COP(=O)(O)OCC[N+](C)(C)C)OC(=O)CCCCCCCCCC. The third kappa shape index (κ3) is 34.1. The maximum Gasteiger partial charge on any atom is 0.472 e. The predicted molar refractivity (Wildman–Crippen MR) is 192 cm³/mol. The van der Waals surface area contributed by atoms with E-state index in [0.717, 1.165) is 57.8 Å². The van der Waals surface area contributed by atoms with E-state index in [1.54, 1.807) is 0 Å². The molecule has 0 aromatic heterocycles. The molecule has 0 saturated carbocycles. The van der Waals surface area contributed by atoms with Crippen molar-refractivity contribution in [2.75, 3.05) is 54.1 Å². The summed E-state index contributed by atoms with van der Waals surface area (Å²) in [5, 5.41) is 0. The van der Waals surface area contributed by atoms with E-state index in [2.05, 4.69) is 50.3 Å². The smallest absolute Gasteiger partial charge is 0.457 e. The van der Waals surface area contributed by atoms with Gasteiger partial charge in [-0.1, -0.05) is 121 Å². The number of phosphoric acid groups is 1. The number of phosphoric ester groups is 1. The van der Waals surface area contributed by atoms with Crippen LogP contribution in [0.2, 0.25) is 0 Å². The van der Waals surface area contributed by atoms with E-state index >= 15 is 0 Å². The molecule has 0 aliphatic carbocycles. The molecule has 0 fully saturated rings. The van der Waals surface area contributed by atoms with Gasteiger partial charge in [-0.2, -0.15) is 0 Å². The van der Waals surface area contributed by atoms with E-state index in [-0.39, 0.29) is 25.8 Å². The van der Waals surface area contributed by atoms with Crippen LogP contribution in [0.5, 0.6) is 0 Å². The molecule has 270 valence electrons. The molecule has 8 nitrogen and oxygen atoms in total. The van der Waals surface area contributed by atoms with Crippen LogP contribution in [0.1, 0.15) is 136 Å².